The first-order valence-electron chi connectivity index (χ1n) is 10.5. The monoisotopic (exact) mass is 457 g/mol. The van der Waals surface area contributed by atoms with Crippen LogP contribution in [0, 0.1) is 0 Å². The Labute approximate surface area is 197 Å². The number of benzene rings is 3. The zero-order valence-corrected chi connectivity index (χ0v) is 18.9. The van der Waals surface area contributed by atoms with Crippen LogP contribution in [-0.2, 0) is 16.1 Å². The average Bonchev–Trinajstić information content (AvgIpc) is 3.14. The summed E-state index contributed by atoms with van der Waals surface area (Å²) in [5, 5.41) is 11.3. The highest BCUT2D eigenvalue weighted by molar-refractivity contribution is 8.18. The van der Waals surface area contributed by atoms with Crippen molar-refractivity contribution in [2.75, 3.05) is 6.61 Å². The number of para-hydroxylation sites is 1. The molecule has 0 spiro atoms. The lowest BCUT2D eigenvalue weighted by molar-refractivity contribution is -0.138. The Morgan fingerprint density at radius 1 is 1.00 bits per heavy atom. The summed E-state index contributed by atoms with van der Waals surface area (Å²) in [6.07, 6.45) is 1.81. The number of thioether (sulfide) groups is 1. The van der Waals surface area contributed by atoms with Crippen LogP contribution >= 0.6 is 11.8 Å². The molecular formula is C27H23NO4S. The Hall–Kier alpha value is -3.77. The van der Waals surface area contributed by atoms with Gasteiger partial charge >= 0.3 is 5.97 Å². The van der Waals surface area contributed by atoms with E-state index in [2.05, 4.69) is 4.99 Å². The molecule has 0 atom stereocenters. The van der Waals surface area contributed by atoms with Crippen LogP contribution in [0.15, 0.2) is 106 Å². The van der Waals surface area contributed by atoms with Crippen LogP contribution in [0.4, 0.5) is 5.69 Å². The summed E-state index contributed by atoms with van der Waals surface area (Å²) in [5.41, 5.74) is 2.67. The van der Waals surface area contributed by atoms with Crippen molar-refractivity contribution >= 4 is 34.5 Å². The summed E-state index contributed by atoms with van der Waals surface area (Å²) in [6.45, 7) is 2.39. The second-order valence-electron chi connectivity index (χ2n) is 7.15. The van der Waals surface area contributed by atoms with Gasteiger partial charge in [-0.1, -0.05) is 72.4 Å². The van der Waals surface area contributed by atoms with Gasteiger partial charge in [0, 0.05) is 0 Å². The third-order valence-electron chi connectivity index (χ3n) is 4.76. The summed E-state index contributed by atoms with van der Waals surface area (Å²) in [6, 6.07) is 26.8. The molecule has 6 heteroatoms. The number of esters is 1. The summed E-state index contributed by atoms with van der Waals surface area (Å²) in [5.74, 6) is -0.0206. The van der Waals surface area contributed by atoms with Crippen molar-refractivity contribution in [1.82, 2.24) is 0 Å². The third kappa shape index (κ3) is 5.73. The van der Waals surface area contributed by atoms with Crippen molar-refractivity contribution in [3.63, 3.8) is 0 Å². The van der Waals surface area contributed by atoms with E-state index in [1.807, 2.05) is 91.0 Å². The molecular weight excluding hydrogens is 434 g/mol. The van der Waals surface area contributed by atoms with Gasteiger partial charge in [0.2, 0.25) is 0 Å². The van der Waals surface area contributed by atoms with Gasteiger partial charge in [-0.2, -0.15) is 0 Å². The van der Waals surface area contributed by atoms with Crippen molar-refractivity contribution in [1.29, 1.82) is 0 Å². The fraction of sp³-hybridized carbons (Fsp3) is 0.111. The molecule has 0 bridgehead atoms. The Bertz CT molecular complexity index is 1220. The van der Waals surface area contributed by atoms with E-state index in [0.29, 0.717) is 28.0 Å². The lowest BCUT2D eigenvalue weighted by Crippen LogP contribution is -2.12. The molecule has 4 rings (SSSR count). The Kier molecular flexibility index (Phi) is 7.27. The highest BCUT2D eigenvalue weighted by Crippen LogP contribution is 2.40. The number of carbonyl (C=O) groups is 1. The molecule has 0 saturated heterocycles. The second-order valence-corrected chi connectivity index (χ2v) is 8.18. The Morgan fingerprint density at radius 2 is 1.73 bits per heavy atom. The maximum atomic E-state index is 12.5. The molecule has 1 heterocycles. The standard InChI is InChI=1S/C27H23NO4S/c1-2-31-27(30)24-25(29)23(33-26(24)28-21-13-7-4-8-14-21)17-20-12-9-15-22(16-20)32-18-19-10-5-3-6-11-19/h3-17,29H,2,18H2,1H3/b23-17-,28-26?. The maximum Gasteiger partial charge on any atom is 0.344 e. The first-order valence-corrected chi connectivity index (χ1v) is 11.4. The lowest BCUT2D eigenvalue weighted by Gasteiger charge is -2.07. The van der Waals surface area contributed by atoms with Crippen molar-refractivity contribution in [3.05, 3.63) is 112 Å². The highest BCUT2D eigenvalue weighted by Gasteiger charge is 2.33. The van der Waals surface area contributed by atoms with Crippen LogP contribution in [-0.4, -0.2) is 22.7 Å². The zero-order chi connectivity index (χ0) is 23.0. The molecule has 3 aromatic carbocycles. The molecule has 5 nitrogen and oxygen atoms in total. The molecule has 0 unspecified atom stereocenters. The van der Waals surface area contributed by atoms with Crippen LogP contribution in [0.3, 0.4) is 0 Å². The number of hydrogen-bond donors (Lipinski definition) is 1. The fourth-order valence-corrected chi connectivity index (χ4v) is 4.23. The first-order chi connectivity index (χ1) is 16.1. The first kappa shape index (κ1) is 22.4. The number of rotatable bonds is 7. The molecule has 33 heavy (non-hydrogen) atoms. The average molecular weight is 458 g/mol. The number of aliphatic hydroxyl groups excluding tert-OH is 1. The fourth-order valence-electron chi connectivity index (χ4n) is 3.20. The van der Waals surface area contributed by atoms with Crippen LogP contribution in [0.2, 0.25) is 0 Å². The van der Waals surface area contributed by atoms with Gasteiger partial charge in [-0.05, 0) is 48.4 Å². The van der Waals surface area contributed by atoms with E-state index in [-0.39, 0.29) is 17.9 Å². The third-order valence-corrected chi connectivity index (χ3v) is 5.78. The Balaban J connectivity index is 1.60. The van der Waals surface area contributed by atoms with E-state index in [4.69, 9.17) is 9.47 Å². The summed E-state index contributed by atoms with van der Waals surface area (Å²) in [7, 11) is 0. The minimum atomic E-state index is -0.597. The van der Waals surface area contributed by atoms with Crippen LogP contribution in [0.5, 0.6) is 5.75 Å². The number of hydrogen-bond acceptors (Lipinski definition) is 6. The summed E-state index contributed by atoms with van der Waals surface area (Å²) in [4.78, 5) is 17.6. The van der Waals surface area contributed by atoms with Crippen molar-refractivity contribution < 1.29 is 19.4 Å². The second kappa shape index (κ2) is 10.7. The minimum absolute atomic E-state index is 0.0773. The summed E-state index contributed by atoms with van der Waals surface area (Å²) >= 11 is 1.23. The van der Waals surface area contributed by atoms with Gasteiger partial charge in [0.25, 0.3) is 0 Å². The van der Waals surface area contributed by atoms with Gasteiger partial charge in [-0.25, -0.2) is 9.79 Å². The Morgan fingerprint density at radius 3 is 2.45 bits per heavy atom. The zero-order valence-electron chi connectivity index (χ0n) is 18.1. The van der Waals surface area contributed by atoms with Gasteiger partial charge in [0.05, 0.1) is 17.2 Å². The van der Waals surface area contributed by atoms with Gasteiger partial charge in [-0.15, -0.1) is 0 Å². The predicted molar refractivity (Wildman–Crippen MR) is 133 cm³/mol. The number of carbonyl (C=O) groups excluding carboxylic acids is 1. The molecule has 0 aromatic heterocycles. The molecule has 0 aliphatic carbocycles. The SMILES string of the molecule is CCOC(=O)C1=C(O)/C(=C/c2cccc(OCc3ccccc3)c2)SC1=Nc1ccccc1. The molecule has 0 amide bonds. The smallest absolute Gasteiger partial charge is 0.344 e. The van der Waals surface area contributed by atoms with Crippen molar-refractivity contribution in [2.45, 2.75) is 13.5 Å². The normalized spacial score (nSPS) is 15.8. The number of nitrogens with zero attached hydrogens (tertiary/aromatic N) is 1. The molecule has 1 aliphatic heterocycles. The number of ether oxygens (including phenoxy) is 2. The highest BCUT2D eigenvalue weighted by atomic mass is 32.2. The molecule has 1 aliphatic rings. The van der Waals surface area contributed by atoms with Crippen LogP contribution in [0.25, 0.3) is 6.08 Å². The molecule has 166 valence electrons. The minimum Gasteiger partial charge on any atom is -0.506 e. The van der Waals surface area contributed by atoms with E-state index < -0.39 is 5.97 Å². The van der Waals surface area contributed by atoms with E-state index in [1.54, 1.807) is 6.92 Å². The van der Waals surface area contributed by atoms with E-state index in [9.17, 15) is 9.90 Å². The van der Waals surface area contributed by atoms with E-state index in [0.717, 1.165) is 11.1 Å². The topological polar surface area (TPSA) is 68.1 Å². The largest absolute Gasteiger partial charge is 0.506 e. The lowest BCUT2D eigenvalue weighted by atomic mass is 10.1. The number of aliphatic hydroxyl groups is 1. The quantitative estimate of drug-likeness (QED) is 0.413. The maximum absolute atomic E-state index is 12.5. The van der Waals surface area contributed by atoms with Gasteiger partial charge in [0.1, 0.15) is 28.7 Å². The van der Waals surface area contributed by atoms with Gasteiger partial charge in [-0.3, -0.25) is 0 Å². The van der Waals surface area contributed by atoms with E-state index in [1.165, 1.54) is 11.8 Å². The predicted octanol–water partition coefficient (Wildman–Crippen LogP) is 6.46. The summed E-state index contributed by atoms with van der Waals surface area (Å²) < 4.78 is 11.1. The molecule has 0 radical (unpaired) electrons. The molecule has 0 saturated carbocycles. The molecule has 3 aromatic rings. The van der Waals surface area contributed by atoms with Crippen molar-refractivity contribution in [2.24, 2.45) is 4.99 Å². The van der Waals surface area contributed by atoms with Crippen molar-refractivity contribution in [3.8, 4) is 5.75 Å². The van der Waals surface area contributed by atoms with E-state index >= 15 is 0 Å². The van der Waals surface area contributed by atoms with Gasteiger partial charge < -0.3 is 14.6 Å². The molecule has 0 fully saturated rings. The number of aliphatic imine (C=N–C) groups is 1. The molecule has 1 N–H and O–H groups in total. The van der Waals surface area contributed by atoms with Crippen LogP contribution in [0.1, 0.15) is 18.1 Å². The van der Waals surface area contributed by atoms with Crippen LogP contribution < -0.4 is 4.74 Å². The van der Waals surface area contributed by atoms with Gasteiger partial charge in [0.15, 0.2) is 0 Å².